The van der Waals surface area contributed by atoms with Gasteiger partial charge in [-0.1, -0.05) is 0 Å². The molecule has 3 aromatic rings. The number of aromatic nitrogens is 3. The first-order chi connectivity index (χ1) is 17.3. The lowest BCUT2D eigenvalue weighted by molar-refractivity contribution is 0.0621. The van der Waals surface area contributed by atoms with E-state index in [1.165, 1.54) is 19.1 Å². The molecule has 1 amide bonds. The Hall–Kier alpha value is -2.82. The van der Waals surface area contributed by atoms with Crippen molar-refractivity contribution in [3.8, 4) is 5.75 Å². The lowest BCUT2D eigenvalue weighted by Crippen LogP contribution is -2.48. The van der Waals surface area contributed by atoms with Gasteiger partial charge in [0.1, 0.15) is 17.8 Å². The molecular weight excluding hydrogens is 476 g/mol. The van der Waals surface area contributed by atoms with Crippen molar-refractivity contribution >= 4 is 18.5 Å². The van der Waals surface area contributed by atoms with Gasteiger partial charge in [0.25, 0.3) is 5.91 Å². The quantitative estimate of drug-likeness (QED) is 0.417. The second-order valence-corrected chi connectivity index (χ2v) is 9.90. The van der Waals surface area contributed by atoms with Crippen molar-refractivity contribution in [1.82, 2.24) is 30.1 Å². The highest BCUT2D eigenvalue weighted by atomic mass is 32.1. The molecule has 36 heavy (non-hydrogen) atoms. The SMILES string of the molecule is COc1cc(C)c(S)c(C)c1.Cc1ncc(CN2CCN(C(=O)c3coc(CNC4CC4)n3)CC2)[nH]1. The normalized spacial score (nSPS) is 16.0. The second-order valence-electron chi connectivity index (χ2n) is 9.45. The third-order valence-electron chi connectivity index (χ3n) is 6.40. The zero-order valence-corrected chi connectivity index (χ0v) is 22.4. The Morgan fingerprint density at radius 3 is 2.47 bits per heavy atom. The molecule has 3 heterocycles. The van der Waals surface area contributed by atoms with E-state index in [-0.39, 0.29) is 5.91 Å². The van der Waals surface area contributed by atoms with Crippen molar-refractivity contribution in [2.75, 3.05) is 33.3 Å². The van der Waals surface area contributed by atoms with Crippen LogP contribution in [0.4, 0.5) is 0 Å². The lowest BCUT2D eigenvalue weighted by atomic mass is 10.1. The predicted molar refractivity (Wildman–Crippen MR) is 141 cm³/mol. The number of carbonyl (C=O) groups excluding carboxylic acids is 1. The number of nitrogens with one attached hydrogen (secondary N) is 2. The summed E-state index contributed by atoms with van der Waals surface area (Å²) in [7, 11) is 1.67. The van der Waals surface area contributed by atoms with Crippen molar-refractivity contribution in [2.24, 2.45) is 0 Å². The highest BCUT2D eigenvalue weighted by Gasteiger charge is 2.25. The number of nitrogens with zero attached hydrogens (tertiary/aromatic N) is 4. The van der Waals surface area contributed by atoms with Crippen molar-refractivity contribution in [2.45, 2.75) is 57.6 Å². The molecule has 9 nitrogen and oxygen atoms in total. The number of carbonyl (C=O) groups is 1. The third-order valence-corrected chi connectivity index (χ3v) is 7.10. The first kappa shape index (κ1) is 26.2. The third kappa shape index (κ3) is 7.11. The Morgan fingerprint density at radius 2 is 1.89 bits per heavy atom. The van der Waals surface area contributed by atoms with E-state index in [1.54, 1.807) is 7.11 Å². The van der Waals surface area contributed by atoms with Crippen LogP contribution in [-0.4, -0.2) is 70.0 Å². The molecule has 194 valence electrons. The number of aryl methyl sites for hydroxylation is 3. The molecule has 1 aromatic carbocycles. The number of ether oxygens (including phenoxy) is 1. The van der Waals surface area contributed by atoms with Gasteiger partial charge in [0, 0.05) is 55.6 Å². The number of aromatic amines is 1. The molecule has 1 aliphatic heterocycles. The van der Waals surface area contributed by atoms with E-state index in [0.717, 1.165) is 52.9 Å². The number of imidazole rings is 1. The summed E-state index contributed by atoms with van der Waals surface area (Å²) >= 11 is 4.34. The molecule has 0 unspecified atom stereocenters. The van der Waals surface area contributed by atoms with Gasteiger partial charge in [-0.15, -0.1) is 12.6 Å². The summed E-state index contributed by atoms with van der Waals surface area (Å²) in [4.78, 5) is 29.6. The Balaban J connectivity index is 0.000000233. The first-order valence-corrected chi connectivity index (χ1v) is 12.8. The lowest BCUT2D eigenvalue weighted by Gasteiger charge is -2.34. The Morgan fingerprint density at radius 1 is 1.19 bits per heavy atom. The van der Waals surface area contributed by atoms with E-state index in [4.69, 9.17) is 9.15 Å². The van der Waals surface area contributed by atoms with Crippen LogP contribution in [0.2, 0.25) is 0 Å². The van der Waals surface area contributed by atoms with E-state index in [9.17, 15) is 4.79 Å². The maximum absolute atomic E-state index is 12.6. The van der Waals surface area contributed by atoms with E-state index in [1.807, 2.05) is 44.0 Å². The average molecular weight is 513 g/mol. The molecule has 1 aliphatic carbocycles. The van der Waals surface area contributed by atoms with Gasteiger partial charge >= 0.3 is 0 Å². The van der Waals surface area contributed by atoms with Gasteiger partial charge in [-0.05, 0) is 56.9 Å². The topological polar surface area (TPSA) is 99.5 Å². The molecule has 2 fully saturated rings. The monoisotopic (exact) mass is 512 g/mol. The number of amides is 1. The molecule has 1 saturated heterocycles. The van der Waals surface area contributed by atoms with Gasteiger partial charge in [0.15, 0.2) is 5.69 Å². The summed E-state index contributed by atoms with van der Waals surface area (Å²) in [6.07, 6.45) is 5.79. The minimum absolute atomic E-state index is 0.0431. The molecule has 0 atom stereocenters. The molecule has 0 spiro atoms. The number of benzene rings is 1. The van der Waals surface area contributed by atoms with Crippen molar-refractivity contribution in [3.05, 3.63) is 58.8 Å². The minimum Gasteiger partial charge on any atom is -0.497 e. The van der Waals surface area contributed by atoms with Crippen LogP contribution in [0.1, 0.15) is 51.9 Å². The summed E-state index contributed by atoms with van der Waals surface area (Å²) in [6, 6.07) is 4.56. The Bertz CT molecular complexity index is 1140. The number of thiol groups is 1. The fourth-order valence-electron chi connectivity index (χ4n) is 4.11. The van der Waals surface area contributed by atoms with Crippen LogP contribution in [-0.2, 0) is 13.1 Å². The molecule has 10 heteroatoms. The maximum Gasteiger partial charge on any atom is 0.275 e. The van der Waals surface area contributed by atoms with Crippen LogP contribution in [0, 0.1) is 20.8 Å². The number of oxazole rings is 1. The summed E-state index contributed by atoms with van der Waals surface area (Å²) in [5.41, 5.74) is 3.84. The molecular formula is C26H36N6O3S. The van der Waals surface area contributed by atoms with Crippen LogP contribution in [0.25, 0.3) is 0 Å². The predicted octanol–water partition coefficient (Wildman–Crippen LogP) is 3.52. The summed E-state index contributed by atoms with van der Waals surface area (Å²) < 4.78 is 10.5. The van der Waals surface area contributed by atoms with Gasteiger partial charge < -0.3 is 24.4 Å². The van der Waals surface area contributed by atoms with E-state index in [0.29, 0.717) is 37.3 Å². The summed E-state index contributed by atoms with van der Waals surface area (Å²) in [5.74, 6) is 2.38. The molecule has 2 N–H and O–H groups in total. The standard InChI is InChI=1S/C17H24N6O2.C9H12OS/c1-12-18-8-14(20-12)10-22-4-6-23(7-5-22)17(24)15-11-25-16(21-15)9-19-13-2-3-13;1-6-4-8(10-3)5-7(2)9(6)11/h8,11,13,19H,2-7,9-10H2,1H3,(H,18,20);4-5,11H,1-3H3. The van der Waals surface area contributed by atoms with Gasteiger partial charge in [-0.3, -0.25) is 9.69 Å². The van der Waals surface area contributed by atoms with Crippen LogP contribution in [0.3, 0.4) is 0 Å². The molecule has 1 saturated carbocycles. The minimum atomic E-state index is -0.0431. The number of hydrogen-bond donors (Lipinski definition) is 3. The van der Waals surface area contributed by atoms with E-state index < -0.39 is 0 Å². The smallest absolute Gasteiger partial charge is 0.275 e. The van der Waals surface area contributed by atoms with Crippen LogP contribution in [0.5, 0.6) is 5.75 Å². The fraction of sp³-hybridized carbons (Fsp3) is 0.500. The number of piperazine rings is 1. The molecule has 0 bridgehead atoms. The van der Waals surface area contributed by atoms with E-state index in [2.05, 4.69) is 37.8 Å². The Kier molecular flexibility index (Phi) is 8.71. The summed E-state index contributed by atoms with van der Waals surface area (Å²) in [5, 5.41) is 3.34. The Labute approximate surface area is 218 Å². The number of methoxy groups -OCH3 is 1. The van der Waals surface area contributed by atoms with Crippen LogP contribution < -0.4 is 10.1 Å². The summed E-state index contributed by atoms with van der Waals surface area (Å²) in [6.45, 7) is 10.5. The van der Waals surface area contributed by atoms with Gasteiger partial charge in [-0.2, -0.15) is 0 Å². The molecule has 2 aromatic heterocycles. The first-order valence-electron chi connectivity index (χ1n) is 12.4. The highest BCUT2D eigenvalue weighted by Crippen LogP contribution is 2.24. The largest absolute Gasteiger partial charge is 0.497 e. The van der Waals surface area contributed by atoms with Crippen LogP contribution >= 0.6 is 12.6 Å². The average Bonchev–Trinajstić information content (AvgIpc) is 3.43. The van der Waals surface area contributed by atoms with Crippen molar-refractivity contribution < 1.29 is 13.9 Å². The molecule has 5 rings (SSSR count). The zero-order valence-electron chi connectivity index (χ0n) is 21.5. The molecule has 0 radical (unpaired) electrons. The van der Waals surface area contributed by atoms with Crippen LogP contribution in [0.15, 0.2) is 33.9 Å². The maximum atomic E-state index is 12.6. The second kappa shape index (κ2) is 11.9. The van der Waals surface area contributed by atoms with Crippen molar-refractivity contribution in [3.63, 3.8) is 0 Å². The number of H-pyrrole nitrogens is 1. The number of rotatable bonds is 7. The van der Waals surface area contributed by atoms with Gasteiger partial charge in [0.05, 0.1) is 13.7 Å². The molecule has 2 aliphatic rings. The zero-order chi connectivity index (χ0) is 25.7. The highest BCUT2D eigenvalue weighted by molar-refractivity contribution is 7.80. The van der Waals surface area contributed by atoms with Gasteiger partial charge in [-0.25, -0.2) is 9.97 Å². The number of hydrogen-bond acceptors (Lipinski definition) is 8. The van der Waals surface area contributed by atoms with E-state index >= 15 is 0 Å². The van der Waals surface area contributed by atoms with Crippen molar-refractivity contribution in [1.29, 1.82) is 0 Å². The fourth-order valence-corrected chi connectivity index (χ4v) is 4.24. The van der Waals surface area contributed by atoms with Gasteiger partial charge in [0.2, 0.25) is 5.89 Å².